The molecular weight excluding hydrogens is 388 g/mol. The SMILES string of the molecule is CC(C)C(NC(=O)CN1C(=O)NC(C)(C2CC2)C1=O)c1nc(-c2cccnc2)no1. The summed E-state index contributed by atoms with van der Waals surface area (Å²) in [6.45, 7) is 5.16. The molecule has 1 aliphatic heterocycles. The Kier molecular flexibility index (Phi) is 5.00. The minimum absolute atomic E-state index is 0.0593. The van der Waals surface area contributed by atoms with E-state index in [1.807, 2.05) is 13.8 Å². The molecule has 10 heteroatoms. The monoisotopic (exact) mass is 412 g/mol. The third-order valence-electron chi connectivity index (χ3n) is 5.61. The fourth-order valence-electron chi connectivity index (χ4n) is 3.65. The van der Waals surface area contributed by atoms with E-state index in [0.717, 1.165) is 17.7 Å². The number of hydrogen-bond donors (Lipinski definition) is 2. The number of nitrogens with one attached hydrogen (secondary N) is 2. The van der Waals surface area contributed by atoms with E-state index in [1.165, 1.54) is 0 Å². The summed E-state index contributed by atoms with van der Waals surface area (Å²) in [5, 5.41) is 9.51. The largest absolute Gasteiger partial charge is 0.342 e. The molecule has 2 N–H and O–H groups in total. The number of rotatable bonds is 7. The highest BCUT2D eigenvalue weighted by Crippen LogP contribution is 2.42. The fourth-order valence-corrected chi connectivity index (χ4v) is 3.65. The number of carbonyl (C=O) groups is 3. The number of imide groups is 1. The van der Waals surface area contributed by atoms with Gasteiger partial charge in [0.15, 0.2) is 0 Å². The summed E-state index contributed by atoms with van der Waals surface area (Å²) in [4.78, 5) is 47.1. The molecule has 2 atom stereocenters. The highest BCUT2D eigenvalue weighted by atomic mass is 16.5. The van der Waals surface area contributed by atoms with Gasteiger partial charge in [0, 0.05) is 18.0 Å². The molecule has 0 spiro atoms. The first kappa shape index (κ1) is 20.0. The van der Waals surface area contributed by atoms with Gasteiger partial charge in [-0.2, -0.15) is 4.98 Å². The summed E-state index contributed by atoms with van der Waals surface area (Å²) in [6.07, 6.45) is 5.06. The summed E-state index contributed by atoms with van der Waals surface area (Å²) in [5.74, 6) is -0.142. The normalized spacial score (nSPS) is 22.3. The highest BCUT2D eigenvalue weighted by Gasteiger charge is 2.56. The van der Waals surface area contributed by atoms with Gasteiger partial charge < -0.3 is 15.2 Å². The van der Waals surface area contributed by atoms with Crippen molar-refractivity contribution in [2.24, 2.45) is 11.8 Å². The minimum Gasteiger partial charge on any atom is -0.342 e. The van der Waals surface area contributed by atoms with Gasteiger partial charge in [0.1, 0.15) is 18.1 Å². The van der Waals surface area contributed by atoms with Crippen LogP contribution in [0.1, 0.15) is 45.5 Å². The second-order valence-corrected chi connectivity index (χ2v) is 8.29. The van der Waals surface area contributed by atoms with Gasteiger partial charge in [-0.1, -0.05) is 19.0 Å². The van der Waals surface area contributed by atoms with Crippen LogP contribution in [-0.2, 0) is 9.59 Å². The van der Waals surface area contributed by atoms with E-state index in [-0.39, 0.29) is 30.2 Å². The summed E-state index contributed by atoms with van der Waals surface area (Å²) in [5.41, 5.74) is -0.222. The number of aromatic nitrogens is 3. The zero-order valence-corrected chi connectivity index (χ0v) is 17.1. The van der Waals surface area contributed by atoms with Gasteiger partial charge in [-0.3, -0.25) is 19.5 Å². The molecule has 30 heavy (non-hydrogen) atoms. The van der Waals surface area contributed by atoms with Gasteiger partial charge in [-0.25, -0.2) is 4.79 Å². The predicted octanol–water partition coefficient (Wildman–Crippen LogP) is 1.67. The second-order valence-electron chi connectivity index (χ2n) is 8.29. The topological polar surface area (TPSA) is 130 Å². The zero-order valence-electron chi connectivity index (χ0n) is 17.1. The van der Waals surface area contributed by atoms with E-state index in [2.05, 4.69) is 25.8 Å². The Balaban J connectivity index is 1.45. The molecule has 0 radical (unpaired) electrons. The van der Waals surface area contributed by atoms with Crippen LogP contribution < -0.4 is 10.6 Å². The molecule has 4 rings (SSSR count). The van der Waals surface area contributed by atoms with Crippen LogP contribution in [0.4, 0.5) is 4.79 Å². The van der Waals surface area contributed by atoms with E-state index in [9.17, 15) is 14.4 Å². The molecule has 1 aliphatic carbocycles. The van der Waals surface area contributed by atoms with Crippen molar-refractivity contribution in [3.8, 4) is 11.4 Å². The number of amides is 4. The number of pyridine rings is 1. The molecule has 4 amide bonds. The van der Waals surface area contributed by atoms with Crippen LogP contribution in [0.5, 0.6) is 0 Å². The molecule has 2 aromatic rings. The van der Waals surface area contributed by atoms with Gasteiger partial charge in [-0.05, 0) is 43.7 Å². The van der Waals surface area contributed by atoms with Crippen LogP contribution in [0.25, 0.3) is 11.4 Å². The van der Waals surface area contributed by atoms with Crippen LogP contribution in [0.15, 0.2) is 29.0 Å². The van der Waals surface area contributed by atoms with Crippen molar-refractivity contribution in [3.05, 3.63) is 30.4 Å². The molecule has 2 unspecified atom stereocenters. The average Bonchev–Trinajstić information content (AvgIpc) is 3.43. The third-order valence-corrected chi connectivity index (χ3v) is 5.61. The van der Waals surface area contributed by atoms with Gasteiger partial charge in [-0.15, -0.1) is 0 Å². The lowest BCUT2D eigenvalue weighted by Crippen LogP contribution is -2.47. The molecule has 2 fully saturated rings. The van der Waals surface area contributed by atoms with Crippen molar-refractivity contribution in [1.29, 1.82) is 0 Å². The number of hydrogen-bond acceptors (Lipinski definition) is 7. The smallest absolute Gasteiger partial charge is 0.325 e. The Labute approximate surface area is 173 Å². The van der Waals surface area contributed by atoms with E-state index in [4.69, 9.17) is 4.52 Å². The maximum atomic E-state index is 12.7. The van der Waals surface area contributed by atoms with Crippen molar-refractivity contribution in [3.63, 3.8) is 0 Å². The first-order valence-corrected chi connectivity index (χ1v) is 9.97. The highest BCUT2D eigenvalue weighted by molar-refractivity contribution is 6.09. The Morgan fingerprint density at radius 2 is 2.17 bits per heavy atom. The molecule has 0 bridgehead atoms. The first-order valence-electron chi connectivity index (χ1n) is 9.97. The molecule has 2 aliphatic rings. The lowest BCUT2D eigenvalue weighted by atomic mass is 9.96. The molecule has 1 saturated carbocycles. The minimum atomic E-state index is -0.917. The summed E-state index contributed by atoms with van der Waals surface area (Å²) < 4.78 is 5.36. The number of urea groups is 1. The van der Waals surface area contributed by atoms with Crippen LogP contribution in [0.3, 0.4) is 0 Å². The summed E-state index contributed by atoms with van der Waals surface area (Å²) >= 11 is 0. The fraction of sp³-hybridized carbons (Fsp3) is 0.500. The second kappa shape index (κ2) is 7.51. The first-order chi connectivity index (χ1) is 14.3. The van der Waals surface area contributed by atoms with Crippen molar-refractivity contribution >= 4 is 17.8 Å². The lowest BCUT2D eigenvalue weighted by molar-refractivity contribution is -0.135. The van der Waals surface area contributed by atoms with Gasteiger partial charge in [0.05, 0.1) is 0 Å². The molecule has 1 saturated heterocycles. The standard InChI is InChI=1S/C20H24N6O4/c1-11(2)15(17-23-16(25-30-17)12-5-4-8-21-9-12)22-14(27)10-26-18(28)20(3,13-6-7-13)24-19(26)29/h4-5,8-9,11,13,15H,6-7,10H2,1-3H3,(H,22,27)(H,24,29). The Morgan fingerprint density at radius 1 is 1.40 bits per heavy atom. The summed E-state index contributed by atoms with van der Waals surface area (Å²) in [6, 6.07) is 2.47. The number of nitrogens with zero attached hydrogens (tertiary/aromatic N) is 4. The third kappa shape index (κ3) is 3.64. The Hall–Kier alpha value is -3.30. The summed E-state index contributed by atoms with van der Waals surface area (Å²) in [7, 11) is 0. The lowest BCUT2D eigenvalue weighted by Gasteiger charge is -2.22. The van der Waals surface area contributed by atoms with Gasteiger partial charge >= 0.3 is 6.03 Å². The van der Waals surface area contributed by atoms with E-state index < -0.39 is 23.5 Å². The molecule has 0 aromatic carbocycles. The van der Waals surface area contributed by atoms with E-state index in [0.29, 0.717) is 11.4 Å². The van der Waals surface area contributed by atoms with Gasteiger partial charge in [0.25, 0.3) is 5.91 Å². The Morgan fingerprint density at radius 3 is 2.80 bits per heavy atom. The van der Waals surface area contributed by atoms with Gasteiger partial charge in [0.2, 0.25) is 17.6 Å². The quantitative estimate of drug-likeness (QED) is 0.661. The van der Waals surface area contributed by atoms with Crippen LogP contribution in [-0.4, -0.2) is 50.0 Å². The van der Waals surface area contributed by atoms with Crippen LogP contribution >= 0.6 is 0 Å². The van der Waals surface area contributed by atoms with Crippen molar-refractivity contribution < 1.29 is 18.9 Å². The molecule has 3 heterocycles. The predicted molar refractivity (Wildman–Crippen MR) is 105 cm³/mol. The maximum Gasteiger partial charge on any atom is 0.325 e. The zero-order chi connectivity index (χ0) is 21.5. The number of carbonyl (C=O) groups excluding carboxylic acids is 3. The van der Waals surface area contributed by atoms with Crippen LogP contribution in [0, 0.1) is 11.8 Å². The maximum absolute atomic E-state index is 12.7. The van der Waals surface area contributed by atoms with Crippen molar-refractivity contribution in [2.45, 2.75) is 45.2 Å². The van der Waals surface area contributed by atoms with Crippen molar-refractivity contribution in [1.82, 2.24) is 30.7 Å². The molecule has 2 aromatic heterocycles. The van der Waals surface area contributed by atoms with E-state index in [1.54, 1.807) is 31.5 Å². The molecular formula is C20H24N6O4. The van der Waals surface area contributed by atoms with E-state index >= 15 is 0 Å². The molecule has 158 valence electrons. The average molecular weight is 412 g/mol. The van der Waals surface area contributed by atoms with Crippen LogP contribution in [0.2, 0.25) is 0 Å². The Bertz CT molecular complexity index is 971. The molecule has 10 nitrogen and oxygen atoms in total. The van der Waals surface area contributed by atoms with Crippen molar-refractivity contribution in [2.75, 3.05) is 6.54 Å².